The Labute approximate surface area is 121 Å². The lowest BCUT2D eigenvalue weighted by molar-refractivity contribution is -0.137. The summed E-state index contributed by atoms with van der Waals surface area (Å²) < 4.78 is 0. The molecule has 1 aliphatic heterocycles. The quantitative estimate of drug-likeness (QED) is 0.671. The van der Waals surface area contributed by atoms with E-state index < -0.39 is 0 Å². The Morgan fingerprint density at radius 1 is 1.35 bits per heavy atom. The van der Waals surface area contributed by atoms with Gasteiger partial charge in [-0.3, -0.25) is 14.5 Å². The molecule has 0 aromatic heterocycles. The van der Waals surface area contributed by atoms with Gasteiger partial charge in [0, 0.05) is 25.2 Å². The van der Waals surface area contributed by atoms with Crippen molar-refractivity contribution in [3.8, 4) is 0 Å². The fourth-order valence-electron chi connectivity index (χ4n) is 2.38. The summed E-state index contributed by atoms with van der Waals surface area (Å²) in [6.07, 6.45) is 1.07. The van der Waals surface area contributed by atoms with Crippen LogP contribution in [-0.2, 0) is 9.59 Å². The molecule has 20 heavy (non-hydrogen) atoms. The summed E-state index contributed by atoms with van der Waals surface area (Å²) in [5, 5.41) is 6.11. The topological polar surface area (TPSA) is 64.7 Å². The largest absolute Gasteiger partial charge is 0.352 e. The van der Waals surface area contributed by atoms with Gasteiger partial charge in [-0.05, 0) is 40.8 Å². The number of amides is 2. The molecule has 1 saturated heterocycles. The molecular weight excluding hydrogens is 256 g/mol. The maximum absolute atomic E-state index is 12.2. The second-order valence-electron chi connectivity index (χ2n) is 5.69. The molecule has 1 aliphatic rings. The number of hydrogen-bond donors (Lipinski definition) is 2. The number of nitrogens with one attached hydrogen (secondary N) is 2. The van der Waals surface area contributed by atoms with E-state index in [1.165, 1.54) is 0 Å². The van der Waals surface area contributed by atoms with Gasteiger partial charge in [0.2, 0.25) is 11.8 Å². The molecule has 0 radical (unpaired) electrons. The first-order valence-electron chi connectivity index (χ1n) is 7.42. The Morgan fingerprint density at radius 3 is 2.55 bits per heavy atom. The molecular formula is C14H28N4O2. The minimum absolute atomic E-state index is 0.0146. The highest BCUT2D eigenvalue weighted by molar-refractivity contribution is 5.85. The van der Waals surface area contributed by atoms with Crippen molar-refractivity contribution < 1.29 is 9.59 Å². The normalized spacial score (nSPS) is 18.6. The highest BCUT2D eigenvalue weighted by Crippen LogP contribution is 2.06. The second-order valence-corrected chi connectivity index (χ2v) is 5.69. The van der Waals surface area contributed by atoms with Gasteiger partial charge >= 0.3 is 0 Å². The Hall–Kier alpha value is -1.14. The van der Waals surface area contributed by atoms with Crippen molar-refractivity contribution in [1.82, 2.24) is 20.4 Å². The van der Waals surface area contributed by atoms with Crippen molar-refractivity contribution in [3.63, 3.8) is 0 Å². The molecule has 1 atom stereocenters. The standard InChI is InChI=1S/C14H28N4O2/c1-5-18(9-13(19)16-11(2)3)14(20)10-17(4)12-6-7-15-8-12/h11-12,15H,5-10H2,1-4H3,(H,16,19). The van der Waals surface area contributed by atoms with E-state index >= 15 is 0 Å². The predicted octanol–water partition coefficient (Wildman–Crippen LogP) is -0.347. The van der Waals surface area contributed by atoms with E-state index in [9.17, 15) is 9.59 Å². The highest BCUT2D eigenvalue weighted by atomic mass is 16.2. The Bertz CT molecular complexity index is 327. The molecule has 0 bridgehead atoms. The third kappa shape index (κ3) is 5.46. The van der Waals surface area contributed by atoms with E-state index in [1.807, 2.05) is 27.8 Å². The van der Waals surface area contributed by atoms with Gasteiger partial charge in [0.1, 0.15) is 0 Å². The molecule has 6 heteroatoms. The van der Waals surface area contributed by atoms with Crippen LogP contribution in [0.1, 0.15) is 27.2 Å². The van der Waals surface area contributed by atoms with Crippen LogP contribution in [0, 0.1) is 0 Å². The van der Waals surface area contributed by atoms with Crippen LogP contribution in [-0.4, -0.2) is 73.5 Å². The summed E-state index contributed by atoms with van der Waals surface area (Å²) in [5.41, 5.74) is 0. The van der Waals surface area contributed by atoms with Gasteiger partial charge in [-0.15, -0.1) is 0 Å². The van der Waals surface area contributed by atoms with E-state index in [0.717, 1.165) is 19.5 Å². The molecule has 2 N–H and O–H groups in total. The van der Waals surface area contributed by atoms with Gasteiger partial charge in [-0.25, -0.2) is 0 Å². The van der Waals surface area contributed by atoms with Crippen molar-refractivity contribution in [2.24, 2.45) is 0 Å². The van der Waals surface area contributed by atoms with Crippen LogP contribution in [0.4, 0.5) is 0 Å². The van der Waals surface area contributed by atoms with Crippen LogP contribution in [0.2, 0.25) is 0 Å². The monoisotopic (exact) mass is 284 g/mol. The number of hydrogen-bond acceptors (Lipinski definition) is 4. The van der Waals surface area contributed by atoms with Gasteiger partial charge in [0.05, 0.1) is 13.1 Å². The second kappa shape index (κ2) is 8.21. The minimum atomic E-state index is -0.0969. The Balaban J connectivity index is 2.43. The number of rotatable bonds is 7. The number of carbonyl (C=O) groups is 2. The first kappa shape index (κ1) is 16.9. The van der Waals surface area contributed by atoms with Crippen molar-refractivity contribution in [1.29, 1.82) is 0 Å². The summed E-state index contributed by atoms with van der Waals surface area (Å²) >= 11 is 0. The van der Waals surface area contributed by atoms with E-state index in [0.29, 0.717) is 19.1 Å². The lowest BCUT2D eigenvalue weighted by Gasteiger charge is -2.27. The zero-order valence-electron chi connectivity index (χ0n) is 13.1. The van der Waals surface area contributed by atoms with Crippen molar-refractivity contribution in [3.05, 3.63) is 0 Å². The van der Waals surface area contributed by atoms with Gasteiger partial charge in [0.15, 0.2) is 0 Å². The summed E-state index contributed by atoms with van der Waals surface area (Å²) in [4.78, 5) is 27.7. The number of nitrogens with zero attached hydrogens (tertiary/aromatic N) is 2. The predicted molar refractivity (Wildman–Crippen MR) is 79.4 cm³/mol. The average Bonchev–Trinajstić information content (AvgIpc) is 2.88. The summed E-state index contributed by atoms with van der Waals surface area (Å²) in [7, 11) is 1.97. The summed E-state index contributed by atoms with van der Waals surface area (Å²) in [6, 6.07) is 0.519. The SMILES string of the molecule is CCN(CC(=O)NC(C)C)C(=O)CN(C)C1CCNC1. The van der Waals surface area contributed by atoms with E-state index in [4.69, 9.17) is 0 Å². The minimum Gasteiger partial charge on any atom is -0.352 e. The molecule has 1 rings (SSSR count). The number of likely N-dealkylation sites (N-methyl/N-ethyl adjacent to an activating group) is 2. The molecule has 2 amide bonds. The lowest BCUT2D eigenvalue weighted by Crippen LogP contribution is -2.47. The fraction of sp³-hybridized carbons (Fsp3) is 0.857. The molecule has 1 fully saturated rings. The van der Waals surface area contributed by atoms with Crippen LogP contribution >= 0.6 is 0 Å². The molecule has 0 aromatic rings. The molecule has 6 nitrogen and oxygen atoms in total. The first-order valence-corrected chi connectivity index (χ1v) is 7.42. The first-order chi connectivity index (χ1) is 9.43. The molecule has 116 valence electrons. The zero-order chi connectivity index (χ0) is 15.1. The average molecular weight is 284 g/mol. The van der Waals surface area contributed by atoms with Gasteiger partial charge in [-0.1, -0.05) is 0 Å². The van der Waals surface area contributed by atoms with Crippen LogP contribution in [0.25, 0.3) is 0 Å². The maximum Gasteiger partial charge on any atom is 0.239 e. The van der Waals surface area contributed by atoms with Crippen molar-refractivity contribution in [2.45, 2.75) is 39.3 Å². The van der Waals surface area contributed by atoms with E-state index in [-0.39, 0.29) is 24.4 Å². The maximum atomic E-state index is 12.2. The fourth-order valence-corrected chi connectivity index (χ4v) is 2.38. The zero-order valence-corrected chi connectivity index (χ0v) is 13.1. The highest BCUT2D eigenvalue weighted by Gasteiger charge is 2.23. The number of carbonyl (C=O) groups excluding carboxylic acids is 2. The molecule has 0 aliphatic carbocycles. The summed E-state index contributed by atoms with van der Waals surface area (Å²) in [6.45, 7) is 8.74. The van der Waals surface area contributed by atoms with Crippen LogP contribution in [0.5, 0.6) is 0 Å². The molecule has 1 heterocycles. The van der Waals surface area contributed by atoms with E-state index in [2.05, 4.69) is 15.5 Å². The third-order valence-corrected chi connectivity index (χ3v) is 3.56. The molecule has 1 unspecified atom stereocenters. The van der Waals surface area contributed by atoms with Gasteiger partial charge in [-0.2, -0.15) is 0 Å². The smallest absolute Gasteiger partial charge is 0.239 e. The molecule has 0 saturated carbocycles. The van der Waals surface area contributed by atoms with Gasteiger partial charge in [0.25, 0.3) is 0 Å². The Morgan fingerprint density at radius 2 is 2.05 bits per heavy atom. The van der Waals surface area contributed by atoms with Crippen LogP contribution < -0.4 is 10.6 Å². The van der Waals surface area contributed by atoms with E-state index in [1.54, 1.807) is 4.90 Å². The van der Waals surface area contributed by atoms with Gasteiger partial charge < -0.3 is 15.5 Å². The molecule has 0 aromatic carbocycles. The van der Waals surface area contributed by atoms with Crippen LogP contribution in [0.3, 0.4) is 0 Å². The third-order valence-electron chi connectivity index (χ3n) is 3.56. The molecule has 0 spiro atoms. The van der Waals surface area contributed by atoms with Crippen molar-refractivity contribution in [2.75, 3.05) is 39.8 Å². The van der Waals surface area contributed by atoms with Crippen LogP contribution in [0.15, 0.2) is 0 Å². The lowest BCUT2D eigenvalue weighted by atomic mass is 10.2. The Kier molecular flexibility index (Phi) is 6.95. The summed E-state index contributed by atoms with van der Waals surface area (Å²) in [5.74, 6) is -0.0822. The van der Waals surface area contributed by atoms with Crippen molar-refractivity contribution >= 4 is 11.8 Å².